The maximum Gasteiger partial charge on any atom is 0.126 e. The first kappa shape index (κ1) is 13.1. The number of thioether (sulfide) groups is 1. The second kappa shape index (κ2) is 5.23. The van der Waals surface area contributed by atoms with Crippen LogP contribution in [0.2, 0.25) is 0 Å². The average Bonchev–Trinajstić information content (AvgIpc) is 2.80. The van der Waals surface area contributed by atoms with Crippen molar-refractivity contribution in [1.82, 2.24) is 0 Å². The van der Waals surface area contributed by atoms with E-state index in [1.807, 2.05) is 17.8 Å². The fourth-order valence-corrected chi connectivity index (χ4v) is 4.59. The van der Waals surface area contributed by atoms with Crippen molar-refractivity contribution in [2.75, 3.05) is 5.75 Å². The van der Waals surface area contributed by atoms with Gasteiger partial charge in [0.2, 0.25) is 0 Å². The van der Waals surface area contributed by atoms with Crippen molar-refractivity contribution in [2.24, 2.45) is 0 Å². The number of hydrogen-bond acceptors (Lipinski definition) is 3. The summed E-state index contributed by atoms with van der Waals surface area (Å²) in [5, 5.41) is 10.3. The van der Waals surface area contributed by atoms with Gasteiger partial charge in [0.15, 0.2) is 0 Å². The highest BCUT2D eigenvalue weighted by atomic mass is 32.2. The number of rotatable bonds is 2. The van der Waals surface area contributed by atoms with Gasteiger partial charge in [-0.15, -0.1) is 11.3 Å². The van der Waals surface area contributed by atoms with Crippen molar-refractivity contribution in [3.8, 4) is 0 Å². The summed E-state index contributed by atoms with van der Waals surface area (Å²) < 4.78 is 26.4. The molecular formula is C14H12F2OS2. The van der Waals surface area contributed by atoms with Crippen LogP contribution in [0, 0.1) is 11.6 Å². The standard InChI is InChI=1S/C14H12F2OS2/c15-10-3-8(4-11(16)6-10)14(17)13-5-9-7-18-2-1-12(9)19-13/h3-6,14,17H,1-2,7H2. The van der Waals surface area contributed by atoms with Crippen LogP contribution >= 0.6 is 23.1 Å². The molecule has 1 N–H and O–H groups in total. The predicted octanol–water partition coefficient (Wildman–Crippen LogP) is 3.90. The molecule has 1 nitrogen and oxygen atoms in total. The lowest BCUT2D eigenvalue weighted by Crippen LogP contribution is -1.99. The highest BCUT2D eigenvalue weighted by Gasteiger charge is 2.19. The quantitative estimate of drug-likeness (QED) is 0.907. The van der Waals surface area contributed by atoms with Crippen LogP contribution in [0.25, 0.3) is 0 Å². The SMILES string of the molecule is OC(c1cc(F)cc(F)c1)c1cc2c(s1)CCSC2. The molecule has 0 saturated carbocycles. The monoisotopic (exact) mass is 298 g/mol. The number of aliphatic hydroxyl groups excluding tert-OH is 1. The Labute approximate surface area is 118 Å². The normalized spacial score (nSPS) is 16.2. The number of benzene rings is 1. The van der Waals surface area contributed by atoms with E-state index in [4.69, 9.17) is 0 Å². The molecule has 100 valence electrons. The van der Waals surface area contributed by atoms with Crippen LogP contribution in [0.1, 0.15) is 27.0 Å². The molecule has 1 aliphatic rings. The Morgan fingerprint density at radius 1 is 1.11 bits per heavy atom. The molecule has 3 rings (SSSR count). The summed E-state index contributed by atoms with van der Waals surface area (Å²) in [7, 11) is 0. The van der Waals surface area contributed by atoms with E-state index in [0.29, 0.717) is 0 Å². The zero-order valence-corrected chi connectivity index (χ0v) is 11.7. The van der Waals surface area contributed by atoms with Gasteiger partial charge < -0.3 is 5.11 Å². The van der Waals surface area contributed by atoms with Gasteiger partial charge in [-0.2, -0.15) is 11.8 Å². The molecule has 5 heteroatoms. The number of aryl methyl sites for hydroxylation is 1. The Morgan fingerprint density at radius 2 is 1.84 bits per heavy atom. The van der Waals surface area contributed by atoms with Gasteiger partial charge >= 0.3 is 0 Å². The van der Waals surface area contributed by atoms with Crippen molar-refractivity contribution in [3.63, 3.8) is 0 Å². The fourth-order valence-electron chi connectivity index (χ4n) is 2.20. The zero-order chi connectivity index (χ0) is 13.4. The summed E-state index contributed by atoms with van der Waals surface area (Å²) >= 11 is 3.41. The summed E-state index contributed by atoms with van der Waals surface area (Å²) in [5.41, 5.74) is 1.51. The van der Waals surface area contributed by atoms with Gasteiger partial charge in [-0.25, -0.2) is 8.78 Å². The smallest absolute Gasteiger partial charge is 0.126 e. The van der Waals surface area contributed by atoms with E-state index in [1.165, 1.54) is 22.6 Å². The zero-order valence-electron chi connectivity index (χ0n) is 10.0. The van der Waals surface area contributed by atoms with E-state index in [1.54, 1.807) is 11.3 Å². The first-order valence-corrected chi connectivity index (χ1v) is 7.94. The maximum atomic E-state index is 13.2. The summed E-state index contributed by atoms with van der Waals surface area (Å²) in [6, 6.07) is 5.13. The Bertz CT molecular complexity index is 566. The molecule has 1 aromatic heterocycles. The van der Waals surface area contributed by atoms with Crippen LogP contribution in [0.4, 0.5) is 8.78 Å². The lowest BCUT2D eigenvalue weighted by atomic mass is 10.1. The summed E-state index contributed by atoms with van der Waals surface area (Å²) in [4.78, 5) is 2.04. The maximum absolute atomic E-state index is 13.2. The highest BCUT2D eigenvalue weighted by molar-refractivity contribution is 7.98. The molecule has 1 aliphatic heterocycles. The van der Waals surface area contributed by atoms with E-state index < -0.39 is 17.7 Å². The van der Waals surface area contributed by atoms with Gasteiger partial charge in [-0.05, 0) is 41.5 Å². The molecule has 2 heterocycles. The molecule has 2 aromatic rings. The molecule has 0 aliphatic carbocycles. The largest absolute Gasteiger partial charge is 0.383 e. The Hall–Kier alpha value is -0.910. The number of fused-ring (bicyclic) bond motifs is 1. The fraction of sp³-hybridized carbons (Fsp3) is 0.286. The molecule has 0 saturated heterocycles. The van der Waals surface area contributed by atoms with E-state index in [-0.39, 0.29) is 5.56 Å². The number of halogens is 2. The van der Waals surface area contributed by atoms with Gasteiger partial charge in [0.1, 0.15) is 17.7 Å². The first-order chi connectivity index (χ1) is 9.13. The molecule has 1 aromatic carbocycles. The van der Waals surface area contributed by atoms with E-state index in [9.17, 15) is 13.9 Å². The van der Waals surface area contributed by atoms with E-state index in [2.05, 4.69) is 0 Å². The number of aliphatic hydroxyl groups is 1. The van der Waals surface area contributed by atoms with Gasteiger partial charge in [0, 0.05) is 21.6 Å². The van der Waals surface area contributed by atoms with Crippen LogP contribution in [0.5, 0.6) is 0 Å². The Kier molecular flexibility index (Phi) is 3.60. The molecule has 0 radical (unpaired) electrons. The lowest BCUT2D eigenvalue weighted by molar-refractivity contribution is 0.223. The van der Waals surface area contributed by atoms with Crippen molar-refractivity contribution < 1.29 is 13.9 Å². The average molecular weight is 298 g/mol. The van der Waals surface area contributed by atoms with Crippen LogP contribution in [0.3, 0.4) is 0 Å². The van der Waals surface area contributed by atoms with Crippen molar-refractivity contribution in [1.29, 1.82) is 0 Å². The van der Waals surface area contributed by atoms with Crippen LogP contribution < -0.4 is 0 Å². The van der Waals surface area contributed by atoms with Crippen molar-refractivity contribution in [3.05, 3.63) is 56.8 Å². The van der Waals surface area contributed by atoms with Gasteiger partial charge in [-0.3, -0.25) is 0 Å². The minimum absolute atomic E-state index is 0.267. The van der Waals surface area contributed by atoms with Gasteiger partial charge in [0.05, 0.1) is 0 Å². The van der Waals surface area contributed by atoms with Crippen LogP contribution in [0.15, 0.2) is 24.3 Å². The minimum atomic E-state index is -0.953. The highest BCUT2D eigenvalue weighted by Crippen LogP contribution is 2.36. The van der Waals surface area contributed by atoms with Crippen LogP contribution in [-0.2, 0) is 12.2 Å². The lowest BCUT2D eigenvalue weighted by Gasteiger charge is -2.09. The molecule has 1 unspecified atom stereocenters. The van der Waals surface area contributed by atoms with Crippen LogP contribution in [-0.4, -0.2) is 10.9 Å². The molecular weight excluding hydrogens is 286 g/mol. The Balaban J connectivity index is 1.94. The molecule has 0 amide bonds. The number of thiophene rings is 1. The third-order valence-electron chi connectivity index (χ3n) is 3.12. The topological polar surface area (TPSA) is 20.2 Å². The summed E-state index contributed by atoms with van der Waals surface area (Å²) in [6.07, 6.45) is 0.0559. The third-order valence-corrected chi connectivity index (χ3v) is 5.41. The van der Waals surface area contributed by atoms with Crippen molar-refractivity contribution in [2.45, 2.75) is 18.3 Å². The van der Waals surface area contributed by atoms with Crippen molar-refractivity contribution >= 4 is 23.1 Å². The predicted molar refractivity (Wildman–Crippen MR) is 74.6 cm³/mol. The molecule has 0 bridgehead atoms. The molecule has 19 heavy (non-hydrogen) atoms. The second-order valence-corrected chi connectivity index (χ2v) is 6.78. The first-order valence-electron chi connectivity index (χ1n) is 5.97. The summed E-state index contributed by atoms with van der Waals surface area (Å²) in [5.74, 6) is 0.727. The molecule has 0 spiro atoms. The Morgan fingerprint density at radius 3 is 2.53 bits per heavy atom. The molecule has 0 fully saturated rings. The van der Waals surface area contributed by atoms with E-state index in [0.717, 1.165) is 28.9 Å². The number of hydrogen-bond donors (Lipinski definition) is 1. The van der Waals surface area contributed by atoms with Gasteiger partial charge in [-0.1, -0.05) is 0 Å². The van der Waals surface area contributed by atoms with E-state index >= 15 is 0 Å². The van der Waals surface area contributed by atoms with Gasteiger partial charge in [0.25, 0.3) is 0 Å². The second-order valence-electron chi connectivity index (χ2n) is 4.51. The minimum Gasteiger partial charge on any atom is -0.383 e. The summed E-state index contributed by atoms with van der Waals surface area (Å²) in [6.45, 7) is 0. The molecule has 1 atom stereocenters. The third kappa shape index (κ3) is 2.68.